The summed E-state index contributed by atoms with van der Waals surface area (Å²) in [5, 5.41) is 12.0. The van der Waals surface area contributed by atoms with E-state index in [1.165, 1.54) is 0 Å². The molecule has 0 unspecified atom stereocenters. The first kappa shape index (κ1) is 14.8. The number of anilines is 1. The van der Waals surface area contributed by atoms with E-state index in [0.717, 1.165) is 15.6 Å². The molecule has 0 aliphatic heterocycles. The molecule has 0 bridgehead atoms. The maximum absolute atomic E-state index is 11.9. The Bertz CT molecular complexity index is 599. The number of rotatable bonds is 5. The quantitative estimate of drug-likeness (QED) is 0.879. The van der Waals surface area contributed by atoms with Gasteiger partial charge < -0.3 is 10.4 Å². The normalized spacial score (nSPS) is 10.3. The number of aliphatic hydroxyl groups is 1. The molecule has 4 heteroatoms. The second-order valence-corrected chi connectivity index (χ2v) is 5.41. The Kier molecular flexibility index (Phi) is 5.32. The Balaban J connectivity index is 1.93. The van der Waals surface area contributed by atoms with Crippen LogP contribution in [0.3, 0.4) is 0 Å². The molecule has 0 aromatic heterocycles. The van der Waals surface area contributed by atoms with Crippen molar-refractivity contribution in [3.05, 3.63) is 64.1 Å². The first-order valence-corrected chi connectivity index (χ1v) is 7.21. The first-order valence-electron chi connectivity index (χ1n) is 6.42. The number of carbonyl (C=O) groups is 1. The lowest BCUT2D eigenvalue weighted by atomic mass is 10.1. The van der Waals surface area contributed by atoms with E-state index < -0.39 is 0 Å². The number of amides is 1. The van der Waals surface area contributed by atoms with E-state index in [4.69, 9.17) is 0 Å². The van der Waals surface area contributed by atoms with E-state index in [0.29, 0.717) is 18.5 Å². The minimum Gasteiger partial charge on any atom is -0.392 e. The van der Waals surface area contributed by atoms with Crippen molar-refractivity contribution >= 4 is 27.5 Å². The number of para-hydroxylation sites is 1. The average Bonchev–Trinajstić information content (AvgIpc) is 2.46. The monoisotopic (exact) mass is 333 g/mol. The molecule has 0 spiro atoms. The largest absolute Gasteiger partial charge is 0.392 e. The van der Waals surface area contributed by atoms with Crippen molar-refractivity contribution in [3.8, 4) is 0 Å². The van der Waals surface area contributed by atoms with Crippen LogP contribution in [-0.4, -0.2) is 11.0 Å². The predicted octanol–water partition coefficient (Wildman–Crippen LogP) is 3.51. The van der Waals surface area contributed by atoms with Crippen LogP contribution in [-0.2, 0) is 17.8 Å². The summed E-state index contributed by atoms with van der Waals surface area (Å²) in [5.41, 5.74) is 2.52. The smallest absolute Gasteiger partial charge is 0.224 e. The summed E-state index contributed by atoms with van der Waals surface area (Å²) in [6.07, 6.45) is 1.10. The fourth-order valence-corrected chi connectivity index (χ4v) is 2.39. The molecule has 0 aliphatic rings. The second kappa shape index (κ2) is 7.22. The van der Waals surface area contributed by atoms with Crippen molar-refractivity contribution in [2.24, 2.45) is 0 Å². The van der Waals surface area contributed by atoms with E-state index in [1.807, 2.05) is 36.4 Å². The number of nitrogens with one attached hydrogen (secondary N) is 1. The highest BCUT2D eigenvalue weighted by Crippen LogP contribution is 2.16. The third kappa shape index (κ3) is 4.18. The van der Waals surface area contributed by atoms with Crippen LogP contribution >= 0.6 is 15.9 Å². The minimum absolute atomic E-state index is 0.0501. The Morgan fingerprint density at radius 2 is 1.95 bits per heavy atom. The average molecular weight is 334 g/mol. The van der Waals surface area contributed by atoms with Gasteiger partial charge in [-0.3, -0.25) is 4.79 Å². The van der Waals surface area contributed by atoms with Crippen molar-refractivity contribution in [2.75, 3.05) is 5.32 Å². The van der Waals surface area contributed by atoms with E-state index in [9.17, 15) is 9.90 Å². The van der Waals surface area contributed by atoms with E-state index in [2.05, 4.69) is 21.2 Å². The van der Waals surface area contributed by atoms with Crippen LogP contribution in [0, 0.1) is 0 Å². The molecule has 0 atom stereocenters. The van der Waals surface area contributed by atoms with Gasteiger partial charge in [-0.05, 0) is 30.2 Å². The number of benzene rings is 2. The molecule has 2 rings (SSSR count). The lowest BCUT2D eigenvalue weighted by Crippen LogP contribution is -2.13. The number of hydrogen-bond acceptors (Lipinski definition) is 2. The van der Waals surface area contributed by atoms with Gasteiger partial charge >= 0.3 is 0 Å². The molecular weight excluding hydrogens is 318 g/mol. The molecule has 20 heavy (non-hydrogen) atoms. The number of aryl methyl sites for hydroxylation is 1. The Labute approximate surface area is 126 Å². The third-order valence-corrected chi connectivity index (χ3v) is 3.48. The summed E-state index contributed by atoms with van der Waals surface area (Å²) in [6, 6.07) is 15.2. The van der Waals surface area contributed by atoms with E-state index >= 15 is 0 Å². The molecule has 2 aromatic rings. The topological polar surface area (TPSA) is 49.3 Å². The Morgan fingerprint density at radius 1 is 1.15 bits per heavy atom. The van der Waals surface area contributed by atoms with Crippen LogP contribution < -0.4 is 5.32 Å². The van der Waals surface area contributed by atoms with Crippen LogP contribution in [0.4, 0.5) is 5.69 Å². The number of carbonyl (C=O) groups excluding carboxylic acids is 1. The zero-order chi connectivity index (χ0) is 14.4. The van der Waals surface area contributed by atoms with Gasteiger partial charge in [0.2, 0.25) is 5.91 Å². The molecular formula is C16H16BrNO2. The lowest BCUT2D eigenvalue weighted by Gasteiger charge is -2.09. The number of halogens is 1. The van der Waals surface area contributed by atoms with Gasteiger partial charge in [0.15, 0.2) is 0 Å². The number of aliphatic hydroxyl groups excluding tert-OH is 1. The van der Waals surface area contributed by atoms with Gasteiger partial charge in [0, 0.05) is 22.1 Å². The van der Waals surface area contributed by atoms with Gasteiger partial charge in [-0.1, -0.05) is 46.3 Å². The minimum atomic E-state index is -0.0813. The molecule has 0 aliphatic carbocycles. The summed E-state index contributed by atoms with van der Waals surface area (Å²) in [4.78, 5) is 11.9. The standard InChI is InChI=1S/C16H16BrNO2/c17-14-6-3-4-12(10-14)8-9-16(20)18-15-7-2-1-5-13(15)11-19/h1-7,10,19H,8-9,11H2,(H,18,20). The van der Waals surface area contributed by atoms with Gasteiger partial charge in [-0.2, -0.15) is 0 Å². The van der Waals surface area contributed by atoms with Crippen molar-refractivity contribution in [1.29, 1.82) is 0 Å². The van der Waals surface area contributed by atoms with Gasteiger partial charge in [0.1, 0.15) is 0 Å². The summed E-state index contributed by atoms with van der Waals surface area (Å²) < 4.78 is 1.01. The SMILES string of the molecule is O=C(CCc1cccc(Br)c1)Nc1ccccc1CO. The molecule has 1 amide bonds. The van der Waals surface area contributed by atoms with Crippen LogP contribution in [0.15, 0.2) is 53.0 Å². The van der Waals surface area contributed by atoms with Crippen molar-refractivity contribution in [3.63, 3.8) is 0 Å². The molecule has 0 saturated carbocycles. The summed E-state index contributed by atoms with van der Waals surface area (Å²) in [5.74, 6) is -0.0501. The lowest BCUT2D eigenvalue weighted by molar-refractivity contribution is -0.116. The molecule has 2 N–H and O–H groups in total. The molecule has 3 nitrogen and oxygen atoms in total. The van der Waals surface area contributed by atoms with Crippen molar-refractivity contribution in [2.45, 2.75) is 19.4 Å². The molecule has 0 fully saturated rings. The molecule has 0 heterocycles. The maximum atomic E-state index is 11.9. The highest BCUT2D eigenvalue weighted by Gasteiger charge is 2.06. The van der Waals surface area contributed by atoms with Crippen LogP contribution in [0.1, 0.15) is 17.5 Å². The highest BCUT2D eigenvalue weighted by atomic mass is 79.9. The Morgan fingerprint density at radius 3 is 2.70 bits per heavy atom. The third-order valence-electron chi connectivity index (χ3n) is 2.99. The van der Waals surface area contributed by atoms with E-state index in [-0.39, 0.29) is 12.5 Å². The van der Waals surface area contributed by atoms with Gasteiger partial charge in [-0.25, -0.2) is 0 Å². The molecule has 104 valence electrons. The zero-order valence-corrected chi connectivity index (χ0v) is 12.6. The molecule has 2 aromatic carbocycles. The second-order valence-electron chi connectivity index (χ2n) is 4.49. The van der Waals surface area contributed by atoms with Gasteiger partial charge in [-0.15, -0.1) is 0 Å². The van der Waals surface area contributed by atoms with E-state index in [1.54, 1.807) is 12.1 Å². The summed E-state index contributed by atoms with van der Waals surface area (Å²) in [7, 11) is 0. The molecule has 0 radical (unpaired) electrons. The van der Waals surface area contributed by atoms with Crippen molar-refractivity contribution in [1.82, 2.24) is 0 Å². The fourth-order valence-electron chi connectivity index (χ4n) is 1.94. The zero-order valence-electron chi connectivity index (χ0n) is 11.0. The summed E-state index contributed by atoms with van der Waals surface area (Å²) >= 11 is 3.41. The summed E-state index contributed by atoms with van der Waals surface area (Å²) in [6.45, 7) is -0.0813. The number of hydrogen-bond donors (Lipinski definition) is 2. The Hall–Kier alpha value is -1.65. The fraction of sp³-hybridized carbons (Fsp3) is 0.188. The van der Waals surface area contributed by atoms with Gasteiger partial charge in [0.05, 0.1) is 6.61 Å². The highest BCUT2D eigenvalue weighted by molar-refractivity contribution is 9.10. The predicted molar refractivity (Wildman–Crippen MR) is 83.5 cm³/mol. The van der Waals surface area contributed by atoms with Crippen LogP contribution in [0.5, 0.6) is 0 Å². The van der Waals surface area contributed by atoms with Gasteiger partial charge in [0.25, 0.3) is 0 Å². The van der Waals surface area contributed by atoms with Crippen molar-refractivity contribution < 1.29 is 9.90 Å². The molecule has 0 saturated heterocycles. The first-order chi connectivity index (χ1) is 9.69. The maximum Gasteiger partial charge on any atom is 0.224 e. The van der Waals surface area contributed by atoms with Crippen LogP contribution in [0.25, 0.3) is 0 Å². The van der Waals surface area contributed by atoms with Crippen LogP contribution in [0.2, 0.25) is 0 Å².